The summed E-state index contributed by atoms with van der Waals surface area (Å²) in [6.45, 7) is 8.52. The van der Waals surface area contributed by atoms with Crippen molar-refractivity contribution < 1.29 is 14.9 Å². The van der Waals surface area contributed by atoms with E-state index in [2.05, 4.69) is 0 Å². The Morgan fingerprint density at radius 2 is 1.77 bits per heavy atom. The third-order valence-electron chi connectivity index (χ3n) is 1.89. The number of aliphatic hydroxyl groups excluding tert-OH is 2. The van der Waals surface area contributed by atoms with Crippen LogP contribution in [0.2, 0.25) is 0 Å². The molecule has 13 heavy (non-hydrogen) atoms. The number of hydrogen-bond donors (Lipinski definition) is 2. The summed E-state index contributed by atoms with van der Waals surface area (Å²) >= 11 is 0. The zero-order valence-electron chi connectivity index (χ0n) is 9.08. The fourth-order valence-electron chi connectivity index (χ4n) is 1.02. The maximum atomic E-state index is 9.62. The molecule has 0 aromatic rings. The van der Waals surface area contributed by atoms with Crippen LogP contribution in [0.15, 0.2) is 0 Å². The fraction of sp³-hybridized carbons (Fsp3) is 1.00. The van der Waals surface area contributed by atoms with Gasteiger partial charge in [-0.3, -0.25) is 0 Å². The van der Waals surface area contributed by atoms with Gasteiger partial charge in [0.1, 0.15) is 6.10 Å². The van der Waals surface area contributed by atoms with Crippen LogP contribution < -0.4 is 0 Å². The van der Waals surface area contributed by atoms with Gasteiger partial charge in [-0.15, -0.1) is 0 Å². The summed E-state index contributed by atoms with van der Waals surface area (Å²) < 4.78 is 5.15. The third kappa shape index (κ3) is 5.24. The summed E-state index contributed by atoms with van der Waals surface area (Å²) in [5, 5.41) is 19.1. The van der Waals surface area contributed by atoms with E-state index in [9.17, 15) is 10.2 Å². The molecule has 0 aliphatic heterocycles. The van der Waals surface area contributed by atoms with Gasteiger partial charge in [0.15, 0.2) is 0 Å². The molecule has 2 N–H and O–H groups in total. The van der Waals surface area contributed by atoms with Crippen LogP contribution >= 0.6 is 0 Å². The molecule has 0 aliphatic carbocycles. The molecule has 80 valence electrons. The number of hydrogen-bond acceptors (Lipinski definition) is 3. The van der Waals surface area contributed by atoms with Crippen molar-refractivity contribution in [1.29, 1.82) is 0 Å². The Kier molecular flexibility index (Phi) is 5.53. The van der Waals surface area contributed by atoms with Gasteiger partial charge in [-0.05, 0) is 11.8 Å². The van der Waals surface area contributed by atoms with Crippen LogP contribution in [0.25, 0.3) is 0 Å². The second kappa shape index (κ2) is 5.58. The quantitative estimate of drug-likeness (QED) is 0.640. The summed E-state index contributed by atoms with van der Waals surface area (Å²) in [5.41, 5.74) is -0.297. The number of rotatable bonds is 5. The fourth-order valence-corrected chi connectivity index (χ4v) is 1.02. The van der Waals surface area contributed by atoms with Crippen LogP contribution in [0.3, 0.4) is 0 Å². The zero-order valence-corrected chi connectivity index (χ0v) is 9.08. The molecule has 3 heteroatoms. The molecule has 0 saturated carbocycles. The molecule has 0 bridgehead atoms. The van der Waals surface area contributed by atoms with Gasteiger partial charge in [-0.1, -0.05) is 27.7 Å². The smallest absolute Gasteiger partial charge is 0.104 e. The first kappa shape index (κ1) is 12.9. The molecule has 0 radical (unpaired) electrons. The number of aliphatic hydroxyl groups is 2. The molecule has 0 aliphatic rings. The van der Waals surface area contributed by atoms with Gasteiger partial charge < -0.3 is 14.9 Å². The second-order valence-corrected chi connectivity index (χ2v) is 4.45. The molecule has 2 atom stereocenters. The average molecular weight is 190 g/mol. The Labute approximate surface area is 80.7 Å². The highest BCUT2D eigenvalue weighted by atomic mass is 16.5. The topological polar surface area (TPSA) is 49.7 Å². The second-order valence-electron chi connectivity index (χ2n) is 4.45. The lowest BCUT2D eigenvalue weighted by atomic mass is 9.86. The Hall–Kier alpha value is -0.120. The van der Waals surface area contributed by atoms with Crippen molar-refractivity contribution in [3.63, 3.8) is 0 Å². The molecule has 0 spiro atoms. The first-order valence-corrected chi connectivity index (χ1v) is 4.83. The van der Waals surface area contributed by atoms with Crippen molar-refractivity contribution in [2.45, 2.75) is 46.3 Å². The first-order valence-electron chi connectivity index (χ1n) is 4.83. The van der Waals surface area contributed by atoms with E-state index in [0.29, 0.717) is 6.61 Å². The van der Waals surface area contributed by atoms with Crippen LogP contribution in [0, 0.1) is 5.41 Å². The molecular formula is C10H22O3. The van der Waals surface area contributed by atoms with E-state index in [1.807, 2.05) is 27.7 Å². The average Bonchev–Trinajstić information content (AvgIpc) is 2.01. The van der Waals surface area contributed by atoms with E-state index in [4.69, 9.17) is 4.74 Å². The minimum absolute atomic E-state index is 0.215. The largest absolute Gasteiger partial charge is 0.390 e. The molecule has 0 amide bonds. The van der Waals surface area contributed by atoms with E-state index < -0.39 is 12.2 Å². The highest BCUT2D eigenvalue weighted by Crippen LogP contribution is 2.21. The monoisotopic (exact) mass is 190 g/mol. The van der Waals surface area contributed by atoms with Gasteiger partial charge in [0.25, 0.3) is 0 Å². The SMILES string of the molecule is CCCOCC(O)C(O)C(C)(C)C. The van der Waals surface area contributed by atoms with Crippen molar-refractivity contribution in [2.24, 2.45) is 5.41 Å². The van der Waals surface area contributed by atoms with E-state index in [1.165, 1.54) is 0 Å². The standard InChI is InChI=1S/C10H22O3/c1-5-6-13-7-8(11)9(12)10(2,3)4/h8-9,11-12H,5-7H2,1-4H3. The van der Waals surface area contributed by atoms with Crippen molar-refractivity contribution in [2.75, 3.05) is 13.2 Å². The molecule has 0 saturated heterocycles. The third-order valence-corrected chi connectivity index (χ3v) is 1.89. The molecule has 3 nitrogen and oxygen atoms in total. The van der Waals surface area contributed by atoms with E-state index in [0.717, 1.165) is 6.42 Å². The molecule has 0 rings (SSSR count). The molecular weight excluding hydrogens is 168 g/mol. The number of ether oxygens (including phenoxy) is 1. The molecule has 0 aromatic heterocycles. The van der Waals surface area contributed by atoms with E-state index in [1.54, 1.807) is 0 Å². The highest BCUT2D eigenvalue weighted by molar-refractivity contribution is 4.79. The van der Waals surface area contributed by atoms with Crippen LogP contribution in [0.5, 0.6) is 0 Å². The maximum absolute atomic E-state index is 9.62. The Morgan fingerprint density at radius 1 is 1.23 bits per heavy atom. The Bertz CT molecular complexity index is 129. The van der Waals surface area contributed by atoms with Crippen LogP contribution in [0.4, 0.5) is 0 Å². The Balaban J connectivity index is 3.76. The molecule has 0 fully saturated rings. The van der Waals surface area contributed by atoms with Crippen LogP contribution in [0.1, 0.15) is 34.1 Å². The summed E-state index contributed by atoms with van der Waals surface area (Å²) in [6.07, 6.45) is -0.589. The van der Waals surface area contributed by atoms with Gasteiger partial charge in [0, 0.05) is 6.61 Å². The van der Waals surface area contributed by atoms with Gasteiger partial charge in [-0.2, -0.15) is 0 Å². The highest BCUT2D eigenvalue weighted by Gasteiger charge is 2.28. The van der Waals surface area contributed by atoms with E-state index >= 15 is 0 Å². The van der Waals surface area contributed by atoms with Gasteiger partial charge in [0.2, 0.25) is 0 Å². The van der Waals surface area contributed by atoms with Crippen molar-refractivity contribution in [3.8, 4) is 0 Å². The summed E-state index contributed by atoms with van der Waals surface area (Å²) in [6, 6.07) is 0. The summed E-state index contributed by atoms with van der Waals surface area (Å²) in [4.78, 5) is 0. The van der Waals surface area contributed by atoms with Crippen molar-refractivity contribution >= 4 is 0 Å². The van der Waals surface area contributed by atoms with Crippen LogP contribution in [-0.2, 0) is 4.74 Å². The lowest BCUT2D eigenvalue weighted by molar-refractivity contribution is -0.0796. The molecule has 0 heterocycles. The molecule has 2 unspecified atom stereocenters. The van der Waals surface area contributed by atoms with Gasteiger partial charge in [0.05, 0.1) is 12.7 Å². The van der Waals surface area contributed by atoms with E-state index in [-0.39, 0.29) is 12.0 Å². The molecule has 0 aromatic carbocycles. The Morgan fingerprint density at radius 3 is 2.15 bits per heavy atom. The lowest BCUT2D eigenvalue weighted by Crippen LogP contribution is -2.40. The van der Waals surface area contributed by atoms with Crippen molar-refractivity contribution in [1.82, 2.24) is 0 Å². The summed E-state index contributed by atoms with van der Waals surface area (Å²) in [5.74, 6) is 0. The van der Waals surface area contributed by atoms with Crippen molar-refractivity contribution in [3.05, 3.63) is 0 Å². The van der Waals surface area contributed by atoms with Gasteiger partial charge in [-0.25, -0.2) is 0 Å². The van der Waals surface area contributed by atoms with Crippen LogP contribution in [-0.4, -0.2) is 35.6 Å². The van der Waals surface area contributed by atoms with Gasteiger partial charge >= 0.3 is 0 Å². The predicted molar refractivity (Wildman–Crippen MR) is 52.6 cm³/mol. The minimum Gasteiger partial charge on any atom is -0.390 e. The lowest BCUT2D eigenvalue weighted by Gasteiger charge is -2.29. The maximum Gasteiger partial charge on any atom is 0.104 e. The summed E-state index contributed by atoms with van der Waals surface area (Å²) in [7, 11) is 0. The predicted octanol–water partition coefficient (Wildman–Crippen LogP) is 1.18. The minimum atomic E-state index is -0.786. The normalized spacial score (nSPS) is 17.1. The first-order chi connectivity index (χ1) is 5.89. The zero-order chi connectivity index (χ0) is 10.5.